The van der Waals surface area contributed by atoms with Gasteiger partial charge in [0.05, 0.1) is 7.11 Å². The van der Waals surface area contributed by atoms with Gasteiger partial charge in [-0.1, -0.05) is 39.7 Å². The number of allylic oxidation sites excluding steroid dienone is 3. The SMILES string of the molecule is COc1ccc2[nH]cc(C(=O)/C(C#N)=C/C=C(\Cl)c3ccc(Br)cc3)c2c1. The van der Waals surface area contributed by atoms with Gasteiger partial charge in [0.15, 0.2) is 0 Å². The molecule has 2 aromatic carbocycles. The van der Waals surface area contributed by atoms with Crippen molar-refractivity contribution in [1.29, 1.82) is 5.26 Å². The number of fused-ring (bicyclic) bond motifs is 1. The fourth-order valence-electron chi connectivity index (χ4n) is 2.59. The highest BCUT2D eigenvalue weighted by atomic mass is 79.9. The maximum atomic E-state index is 12.8. The third kappa shape index (κ3) is 4.13. The minimum atomic E-state index is -0.381. The Bertz CT molecular complexity index is 1110. The first-order valence-corrected chi connectivity index (χ1v) is 9.14. The molecule has 1 aromatic heterocycles. The molecule has 1 N–H and O–H groups in total. The Morgan fingerprint density at radius 3 is 2.63 bits per heavy atom. The molecular formula is C21H14BrClN2O2. The molecule has 0 saturated heterocycles. The van der Waals surface area contributed by atoms with Gasteiger partial charge in [-0.25, -0.2) is 0 Å². The van der Waals surface area contributed by atoms with Crippen LogP contribution in [0, 0.1) is 11.3 Å². The molecule has 0 radical (unpaired) electrons. The number of nitriles is 1. The van der Waals surface area contributed by atoms with Crippen molar-refractivity contribution < 1.29 is 9.53 Å². The van der Waals surface area contributed by atoms with Gasteiger partial charge in [0, 0.05) is 32.2 Å². The van der Waals surface area contributed by atoms with Crippen LogP contribution in [0.1, 0.15) is 15.9 Å². The van der Waals surface area contributed by atoms with Crippen molar-refractivity contribution in [3.63, 3.8) is 0 Å². The number of nitrogens with one attached hydrogen (secondary N) is 1. The fraction of sp³-hybridized carbons (Fsp3) is 0.0476. The molecule has 0 bridgehead atoms. The number of hydrogen-bond acceptors (Lipinski definition) is 3. The summed E-state index contributed by atoms with van der Waals surface area (Å²) in [5.74, 6) is 0.255. The number of ketones is 1. The summed E-state index contributed by atoms with van der Waals surface area (Å²) in [6.45, 7) is 0. The lowest BCUT2D eigenvalue weighted by atomic mass is 10.0. The van der Waals surface area contributed by atoms with Crippen molar-refractivity contribution >= 4 is 49.2 Å². The van der Waals surface area contributed by atoms with E-state index in [2.05, 4.69) is 20.9 Å². The maximum Gasteiger partial charge on any atom is 0.205 e. The van der Waals surface area contributed by atoms with Crippen molar-refractivity contribution in [1.82, 2.24) is 4.98 Å². The molecule has 0 unspecified atom stereocenters. The summed E-state index contributed by atoms with van der Waals surface area (Å²) in [4.78, 5) is 15.9. The second kappa shape index (κ2) is 8.26. The summed E-state index contributed by atoms with van der Waals surface area (Å²) in [6.07, 6.45) is 4.58. The van der Waals surface area contributed by atoms with Crippen LogP contribution in [0.25, 0.3) is 15.9 Å². The molecule has 0 amide bonds. The number of hydrogen-bond donors (Lipinski definition) is 1. The first kappa shape index (κ1) is 19.0. The van der Waals surface area contributed by atoms with Crippen LogP contribution in [0.15, 0.2) is 70.9 Å². The average molecular weight is 442 g/mol. The van der Waals surface area contributed by atoms with E-state index in [0.29, 0.717) is 21.7 Å². The number of aromatic nitrogens is 1. The highest BCUT2D eigenvalue weighted by molar-refractivity contribution is 9.10. The molecule has 27 heavy (non-hydrogen) atoms. The zero-order valence-corrected chi connectivity index (χ0v) is 16.6. The van der Waals surface area contributed by atoms with Gasteiger partial charge >= 0.3 is 0 Å². The van der Waals surface area contributed by atoms with Crippen LogP contribution < -0.4 is 4.74 Å². The number of rotatable bonds is 5. The number of carbonyl (C=O) groups is 1. The van der Waals surface area contributed by atoms with E-state index in [4.69, 9.17) is 16.3 Å². The summed E-state index contributed by atoms with van der Waals surface area (Å²) in [5.41, 5.74) is 1.98. The normalized spacial score (nSPS) is 12.1. The van der Waals surface area contributed by atoms with Crippen molar-refractivity contribution in [2.24, 2.45) is 0 Å². The number of carbonyl (C=O) groups excluding carboxylic acids is 1. The lowest BCUT2D eigenvalue weighted by molar-refractivity contribution is 0.104. The number of Topliss-reactive ketones (excluding diaryl/α,β-unsaturated/α-hetero) is 1. The largest absolute Gasteiger partial charge is 0.497 e. The second-order valence-electron chi connectivity index (χ2n) is 5.66. The molecule has 0 spiro atoms. The number of nitrogens with zero attached hydrogens (tertiary/aromatic N) is 1. The Morgan fingerprint density at radius 2 is 1.96 bits per heavy atom. The molecule has 1 heterocycles. The summed E-state index contributed by atoms with van der Waals surface area (Å²) in [7, 11) is 1.56. The highest BCUT2D eigenvalue weighted by Gasteiger charge is 2.16. The van der Waals surface area contributed by atoms with Gasteiger partial charge in [0.2, 0.25) is 5.78 Å². The van der Waals surface area contributed by atoms with Gasteiger partial charge in [-0.05, 0) is 48.0 Å². The smallest absolute Gasteiger partial charge is 0.205 e. The minimum absolute atomic E-state index is 0.00557. The number of halogens is 2. The molecule has 134 valence electrons. The Morgan fingerprint density at radius 1 is 1.22 bits per heavy atom. The fourth-order valence-corrected chi connectivity index (χ4v) is 3.04. The summed E-state index contributed by atoms with van der Waals surface area (Å²) in [6, 6.07) is 14.8. The van der Waals surface area contributed by atoms with Crippen LogP contribution in [0.4, 0.5) is 0 Å². The molecule has 3 rings (SSSR count). The second-order valence-corrected chi connectivity index (χ2v) is 6.98. The van der Waals surface area contributed by atoms with Crippen LogP contribution in [0.2, 0.25) is 0 Å². The monoisotopic (exact) mass is 440 g/mol. The van der Waals surface area contributed by atoms with Crippen molar-refractivity contribution in [3.8, 4) is 11.8 Å². The van der Waals surface area contributed by atoms with Crippen LogP contribution in [0.5, 0.6) is 5.75 Å². The number of methoxy groups -OCH3 is 1. The van der Waals surface area contributed by atoms with E-state index in [1.807, 2.05) is 36.4 Å². The summed E-state index contributed by atoms with van der Waals surface area (Å²) >= 11 is 9.65. The number of ether oxygens (including phenoxy) is 1. The van der Waals surface area contributed by atoms with Crippen LogP contribution in [-0.2, 0) is 0 Å². The zero-order valence-electron chi connectivity index (χ0n) is 14.3. The minimum Gasteiger partial charge on any atom is -0.497 e. The quantitative estimate of drug-likeness (QED) is 0.234. The average Bonchev–Trinajstić information content (AvgIpc) is 3.11. The Balaban J connectivity index is 1.94. The summed E-state index contributed by atoms with van der Waals surface area (Å²) < 4.78 is 6.15. The molecule has 6 heteroatoms. The van der Waals surface area contributed by atoms with Gasteiger partial charge < -0.3 is 9.72 Å². The van der Waals surface area contributed by atoms with Crippen molar-refractivity contribution in [3.05, 3.63) is 82.0 Å². The van der Waals surface area contributed by atoms with Gasteiger partial charge in [0.25, 0.3) is 0 Å². The van der Waals surface area contributed by atoms with Crippen molar-refractivity contribution in [2.75, 3.05) is 7.11 Å². The van der Waals surface area contributed by atoms with E-state index in [-0.39, 0.29) is 11.4 Å². The van der Waals surface area contributed by atoms with E-state index >= 15 is 0 Å². The van der Waals surface area contributed by atoms with Gasteiger partial charge in [-0.3, -0.25) is 4.79 Å². The highest BCUT2D eigenvalue weighted by Crippen LogP contribution is 2.26. The molecule has 0 aliphatic rings. The third-order valence-electron chi connectivity index (χ3n) is 4.01. The zero-order chi connectivity index (χ0) is 19.4. The Kier molecular flexibility index (Phi) is 5.80. The molecule has 0 aliphatic carbocycles. The number of H-pyrrole nitrogens is 1. The molecule has 0 saturated carbocycles. The number of aromatic amines is 1. The molecule has 0 atom stereocenters. The summed E-state index contributed by atoms with van der Waals surface area (Å²) in [5, 5.41) is 10.6. The Labute approximate surface area is 169 Å². The van der Waals surface area contributed by atoms with E-state index in [1.54, 1.807) is 31.5 Å². The third-order valence-corrected chi connectivity index (χ3v) is 4.89. The molecule has 0 aliphatic heterocycles. The van der Waals surface area contributed by atoms with E-state index in [0.717, 1.165) is 15.6 Å². The first-order valence-electron chi connectivity index (χ1n) is 7.97. The molecule has 3 aromatic rings. The standard InChI is InChI=1S/C21H14BrClN2O2/c1-27-16-7-9-20-17(10-16)18(12-25-20)21(26)14(11-24)4-8-19(23)13-2-5-15(22)6-3-13/h2-10,12,25H,1H3/b14-4+,19-8-. The van der Waals surface area contributed by atoms with Crippen LogP contribution in [0.3, 0.4) is 0 Å². The van der Waals surface area contributed by atoms with E-state index in [9.17, 15) is 10.1 Å². The van der Waals surface area contributed by atoms with E-state index in [1.165, 1.54) is 6.08 Å². The number of benzene rings is 2. The van der Waals surface area contributed by atoms with Gasteiger partial charge in [-0.2, -0.15) is 5.26 Å². The van der Waals surface area contributed by atoms with Crippen LogP contribution in [-0.4, -0.2) is 17.9 Å². The Hall–Kier alpha value is -2.81. The van der Waals surface area contributed by atoms with Crippen molar-refractivity contribution in [2.45, 2.75) is 0 Å². The van der Waals surface area contributed by atoms with E-state index < -0.39 is 0 Å². The predicted molar refractivity (Wildman–Crippen MR) is 111 cm³/mol. The first-order chi connectivity index (χ1) is 13.0. The lowest BCUT2D eigenvalue weighted by Crippen LogP contribution is -2.01. The predicted octanol–water partition coefficient (Wildman–Crippen LogP) is 5.85. The molecular weight excluding hydrogens is 428 g/mol. The molecule has 4 nitrogen and oxygen atoms in total. The van der Waals surface area contributed by atoms with Gasteiger partial charge in [0.1, 0.15) is 17.4 Å². The van der Waals surface area contributed by atoms with Gasteiger partial charge in [-0.15, -0.1) is 0 Å². The maximum absolute atomic E-state index is 12.8. The lowest BCUT2D eigenvalue weighted by Gasteiger charge is -2.01. The van der Waals surface area contributed by atoms with Crippen LogP contribution >= 0.6 is 27.5 Å². The molecule has 0 fully saturated rings. The topological polar surface area (TPSA) is 65.9 Å².